The fraction of sp³-hybridized carbons (Fsp3) is 0.154. The number of thioether (sulfide) groups is 1. The van der Waals surface area contributed by atoms with Crippen LogP contribution in [0, 0.1) is 5.82 Å². The maximum absolute atomic E-state index is 15.3. The number of rotatable bonds is 4. The number of benzene rings is 3. The molecule has 0 amide bonds. The van der Waals surface area contributed by atoms with Crippen LogP contribution in [0.2, 0.25) is 0 Å². The van der Waals surface area contributed by atoms with Gasteiger partial charge in [0.25, 0.3) is 0 Å². The number of nitrogens with zero attached hydrogens (tertiary/aromatic N) is 3. The first-order valence-electron chi connectivity index (χ1n) is 10.8. The monoisotopic (exact) mass is 472 g/mol. The maximum atomic E-state index is 15.3. The second kappa shape index (κ2) is 8.22. The summed E-state index contributed by atoms with van der Waals surface area (Å²) in [5, 5.41) is 8.79. The summed E-state index contributed by atoms with van der Waals surface area (Å²) in [4.78, 5) is 4.65. The summed E-state index contributed by atoms with van der Waals surface area (Å²) < 4.78 is 29.0. The first-order valence-corrected chi connectivity index (χ1v) is 12.1. The van der Waals surface area contributed by atoms with Crippen LogP contribution in [0.5, 0.6) is 11.5 Å². The molecule has 6 rings (SSSR count). The summed E-state index contributed by atoms with van der Waals surface area (Å²) in [6.45, 7) is 0. The van der Waals surface area contributed by atoms with Crippen LogP contribution in [-0.2, 0) is 0 Å². The molecule has 0 spiro atoms. The maximum Gasteiger partial charge on any atom is 0.227 e. The zero-order chi connectivity index (χ0) is 23.2. The molecule has 170 valence electrons. The highest BCUT2D eigenvalue weighted by Gasteiger charge is 2.42. The molecule has 2 aliphatic rings. The smallest absolute Gasteiger partial charge is 0.227 e. The van der Waals surface area contributed by atoms with Crippen LogP contribution < -0.4 is 14.8 Å². The van der Waals surface area contributed by atoms with Gasteiger partial charge in [-0.05, 0) is 42.2 Å². The minimum atomic E-state index is -0.540. The van der Waals surface area contributed by atoms with E-state index in [1.54, 1.807) is 23.9 Å². The number of methoxy groups -OCH3 is 1. The van der Waals surface area contributed by atoms with Crippen LogP contribution in [-0.4, -0.2) is 28.1 Å². The van der Waals surface area contributed by atoms with Crippen LogP contribution in [0.3, 0.4) is 0 Å². The third-order valence-corrected chi connectivity index (χ3v) is 6.70. The largest absolute Gasteiger partial charge is 0.497 e. The summed E-state index contributed by atoms with van der Waals surface area (Å²) in [7, 11) is 1.64. The van der Waals surface area contributed by atoms with Gasteiger partial charge in [-0.25, -0.2) is 9.07 Å². The number of nitrogens with one attached hydrogen (secondary N) is 1. The average molecular weight is 473 g/mol. The van der Waals surface area contributed by atoms with Crippen molar-refractivity contribution in [2.75, 3.05) is 18.7 Å². The third-order valence-electron chi connectivity index (χ3n) is 6.16. The van der Waals surface area contributed by atoms with Crippen molar-refractivity contribution in [1.29, 1.82) is 0 Å². The molecule has 0 bridgehead atoms. The lowest BCUT2D eigenvalue weighted by molar-refractivity contribution is 0.222. The number of ether oxygens (including phenoxy) is 2. The van der Waals surface area contributed by atoms with Gasteiger partial charge in [0.15, 0.2) is 0 Å². The molecule has 0 radical (unpaired) electrons. The molecule has 0 saturated heterocycles. The van der Waals surface area contributed by atoms with Crippen LogP contribution in [0.1, 0.15) is 28.8 Å². The quantitative estimate of drug-likeness (QED) is 0.384. The molecule has 6 nitrogen and oxygen atoms in total. The molecule has 0 fully saturated rings. The molecular formula is C26H21FN4O2S. The second-order valence-corrected chi connectivity index (χ2v) is 8.79. The number of fused-ring (bicyclic) bond motifs is 3. The number of aromatic nitrogens is 3. The number of halogens is 1. The van der Waals surface area contributed by atoms with E-state index >= 15 is 4.39 Å². The van der Waals surface area contributed by atoms with Gasteiger partial charge in [-0.3, -0.25) is 0 Å². The van der Waals surface area contributed by atoms with Crippen LogP contribution in [0.15, 0.2) is 83.5 Å². The fourth-order valence-electron chi connectivity index (χ4n) is 4.59. The minimum absolute atomic E-state index is 0.305. The molecule has 1 aromatic heterocycles. The lowest BCUT2D eigenvalue weighted by atomic mass is 9.84. The number of hydrogen-bond donors (Lipinski definition) is 1. The van der Waals surface area contributed by atoms with Gasteiger partial charge in [-0.2, -0.15) is 4.98 Å². The highest BCUT2D eigenvalue weighted by molar-refractivity contribution is 7.98. The Hall–Kier alpha value is -3.78. The van der Waals surface area contributed by atoms with Crippen molar-refractivity contribution in [3.63, 3.8) is 0 Å². The van der Waals surface area contributed by atoms with Gasteiger partial charge in [-0.1, -0.05) is 54.2 Å². The SMILES string of the molecule is COc1ccc(C2Oc3ccccc3C3=C2C(c2ccccc2F)n2nc(SC)nc2N3)cc1. The van der Waals surface area contributed by atoms with E-state index in [0.29, 0.717) is 16.7 Å². The highest BCUT2D eigenvalue weighted by Crippen LogP contribution is 2.51. The van der Waals surface area contributed by atoms with E-state index in [1.807, 2.05) is 60.9 Å². The Labute approximate surface area is 200 Å². The number of anilines is 1. The Bertz CT molecular complexity index is 1420. The van der Waals surface area contributed by atoms with Crippen LogP contribution >= 0.6 is 11.8 Å². The van der Waals surface area contributed by atoms with Gasteiger partial charge >= 0.3 is 0 Å². The molecule has 0 saturated carbocycles. The molecule has 4 aromatic rings. The molecule has 8 heteroatoms. The zero-order valence-corrected chi connectivity index (χ0v) is 19.3. The molecule has 3 heterocycles. The summed E-state index contributed by atoms with van der Waals surface area (Å²) in [6.07, 6.45) is 1.45. The molecule has 3 aromatic carbocycles. The van der Waals surface area contributed by atoms with Crippen molar-refractivity contribution in [3.05, 3.63) is 101 Å². The Morgan fingerprint density at radius 3 is 2.56 bits per heavy atom. The van der Waals surface area contributed by atoms with Crippen molar-refractivity contribution in [3.8, 4) is 11.5 Å². The topological polar surface area (TPSA) is 61.2 Å². The average Bonchev–Trinajstić information content (AvgIpc) is 3.30. The lowest BCUT2D eigenvalue weighted by Gasteiger charge is -2.39. The predicted octanol–water partition coefficient (Wildman–Crippen LogP) is 5.71. The summed E-state index contributed by atoms with van der Waals surface area (Å²) in [5.74, 6) is 1.77. The minimum Gasteiger partial charge on any atom is -0.497 e. The van der Waals surface area contributed by atoms with Crippen molar-refractivity contribution in [2.24, 2.45) is 0 Å². The second-order valence-electron chi connectivity index (χ2n) is 8.01. The van der Waals surface area contributed by atoms with Gasteiger partial charge in [-0.15, -0.1) is 5.10 Å². The Kier molecular flexibility index (Phi) is 5.03. The van der Waals surface area contributed by atoms with Gasteiger partial charge in [0.1, 0.15) is 29.5 Å². The third kappa shape index (κ3) is 3.25. The lowest BCUT2D eigenvalue weighted by Crippen LogP contribution is -2.32. The van der Waals surface area contributed by atoms with E-state index in [-0.39, 0.29) is 5.82 Å². The standard InChI is InChI=1S/C26H21FN4O2S/c1-32-16-13-11-15(12-14-16)24-21-22(18-8-4-6-10-20(18)33-24)28-25-29-26(34-2)30-31(25)23(21)17-7-3-5-9-19(17)27/h3-14,23-24H,1-2H3,(H,28,29,30). The van der Waals surface area contributed by atoms with Gasteiger partial charge in [0, 0.05) is 16.7 Å². The molecule has 2 atom stereocenters. The molecule has 0 aliphatic carbocycles. The Morgan fingerprint density at radius 1 is 1.03 bits per heavy atom. The van der Waals surface area contributed by atoms with E-state index < -0.39 is 12.1 Å². The van der Waals surface area contributed by atoms with Gasteiger partial charge in [0.2, 0.25) is 11.1 Å². The number of hydrogen-bond acceptors (Lipinski definition) is 6. The van der Waals surface area contributed by atoms with Crippen molar-refractivity contribution >= 4 is 23.4 Å². The summed E-state index contributed by atoms with van der Waals surface area (Å²) in [5.41, 5.74) is 4.09. The van der Waals surface area contributed by atoms with E-state index in [2.05, 4.69) is 10.3 Å². The Morgan fingerprint density at radius 2 is 1.79 bits per heavy atom. The molecular weight excluding hydrogens is 451 g/mol. The van der Waals surface area contributed by atoms with Gasteiger partial charge < -0.3 is 14.8 Å². The van der Waals surface area contributed by atoms with Crippen molar-refractivity contribution in [1.82, 2.24) is 14.8 Å². The fourth-order valence-corrected chi connectivity index (χ4v) is 4.94. The van der Waals surface area contributed by atoms with E-state index in [1.165, 1.54) is 17.8 Å². The van der Waals surface area contributed by atoms with E-state index in [9.17, 15) is 0 Å². The molecule has 1 N–H and O–H groups in total. The Balaban J connectivity index is 1.62. The van der Waals surface area contributed by atoms with Crippen molar-refractivity contribution < 1.29 is 13.9 Å². The predicted molar refractivity (Wildman–Crippen MR) is 130 cm³/mol. The van der Waals surface area contributed by atoms with Crippen LogP contribution in [0.25, 0.3) is 5.70 Å². The highest BCUT2D eigenvalue weighted by atomic mass is 32.2. The van der Waals surface area contributed by atoms with E-state index in [4.69, 9.17) is 14.6 Å². The summed E-state index contributed by atoms with van der Waals surface area (Å²) in [6, 6.07) is 21.9. The molecule has 2 aliphatic heterocycles. The number of para-hydroxylation sites is 1. The first-order chi connectivity index (χ1) is 16.7. The van der Waals surface area contributed by atoms with Crippen molar-refractivity contribution in [2.45, 2.75) is 17.3 Å². The van der Waals surface area contributed by atoms with E-state index in [0.717, 1.165) is 33.9 Å². The molecule has 2 unspecified atom stereocenters. The van der Waals surface area contributed by atoms with Gasteiger partial charge in [0.05, 0.1) is 12.8 Å². The normalized spacial score (nSPS) is 18.3. The molecule has 34 heavy (non-hydrogen) atoms. The summed E-state index contributed by atoms with van der Waals surface area (Å²) >= 11 is 1.44. The first kappa shape index (κ1) is 20.8. The van der Waals surface area contributed by atoms with Crippen LogP contribution in [0.4, 0.5) is 10.3 Å². The zero-order valence-electron chi connectivity index (χ0n) is 18.5.